The summed E-state index contributed by atoms with van der Waals surface area (Å²) in [5.74, 6) is 0.216. The summed E-state index contributed by atoms with van der Waals surface area (Å²) < 4.78 is 0. The number of benzene rings is 1. The van der Waals surface area contributed by atoms with Gasteiger partial charge in [0, 0.05) is 25.7 Å². The highest BCUT2D eigenvalue weighted by molar-refractivity contribution is 5.78. The fourth-order valence-electron chi connectivity index (χ4n) is 3.67. The minimum Gasteiger partial charge on any atom is -0.352 e. The number of likely N-dealkylation sites (tertiary alicyclic amines) is 2. The van der Waals surface area contributed by atoms with Crippen molar-refractivity contribution < 1.29 is 4.79 Å². The van der Waals surface area contributed by atoms with Crippen molar-refractivity contribution in [1.82, 2.24) is 15.1 Å². The van der Waals surface area contributed by atoms with E-state index in [1.165, 1.54) is 24.8 Å². The number of nitrogens with zero attached hydrogens (tertiary/aromatic N) is 2. The average molecular weight is 315 g/mol. The lowest BCUT2D eigenvalue weighted by Gasteiger charge is -2.33. The molecule has 0 spiro atoms. The summed E-state index contributed by atoms with van der Waals surface area (Å²) in [5.41, 5.74) is 1.38. The molecule has 2 heterocycles. The molecule has 0 radical (unpaired) electrons. The van der Waals surface area contributed by atoms with E-state index in [0.717, 1.165) is 45.6 Å². The largest absolute Gasteiger partial charge is 0.352 e. The number of hydrogen-bond acceptors (Lipinski definition) is 3. The van der Waals surface area contributed by atoms with Gasteiger partial charge in [-0.25, -0.2) is 0 Å². The molecule has 0 aliphatic carbocycles. The van der Waals surface area contributed by atoms with E-state index in [1.54, 1.807) is 0 Å². The molecule has 23 heavy (non-hydrogen) atoms. The molecule has 0 bridgehead atoms. The van der Waals surface area contributed by atoms with Crippen molar-refractivity contribution in [3.8, 4) is 0 Å². The van der Waals surface area contributed by atoms with Crippen molar-refractivity contribution in [1.29, 1.82) is 0 Å². The molecule has 126 valence electrons. The Kier molecular flexibility index (Phi) is 6.06. The first-order chi connectivity index (χ1) is 11.3. The van der Waals surface area contributed by atoms with Crippen molar-refractivity contribution >= 4 is 5.91 Å². The molecule has 0 aromatic heterocycles. The van der Waals surface area contributed by atoms with E-state index in [2.05, 4.69) is 45.4 Å². The minimum absolute atomic E-state index is 0.216. The highest BCUT2D eigenvalue weighted by Crippen LogP contribution is 2.14. The molecular weight excluding hydrogens is 286 g/mol. The van der Waals surface area contributed by atoms with Crippen LogP contribution < -0.4 is 5.32 Å². The first-order valence-corrected chi connectivity index (χ1v) is 9.07. The van der Waals surface area contributed by atoms with E-state index in [9.17, 15) is 4.79 Å². The normalized spacial score (nSPS) is 21.2. The average Bonchev–Trinajstić information content (AvgIpc) is 2.58. The van der Waals surface area contributed by atoms with E-state index < -0.39 is 0 Å². The van der Waals surface area contributed by atoms with Crippen LogP contribution in [0.25, 0.3) is 0 Å². The lowest BCUT2D eigenvalue weighted by atomic mass is 10.0. The van der Waals surface area contributed by atoms with Gasteiger partial charge in [0.15, 0.2) is 0 Å². The summed E-state index contributed by atoms with van der Waals surface area (Å²) in [6.07, 6.45) is 5.94. The SMILES string of the molecule is O=C(CN1CCCCC1)NC1CCN(Cc2ccccc2)CC1. The van der Waals surface area contributed by atoms with Crippen LogP contribution in [0.5, 0.6) is 0 Å². The molecule has 0 atom stereocenters. The number of nitrogens with one attached hydrogen (secondary N) is 1. The number of piperidine rings is 2. The second-order valence-electron chi connectivity index (χ2n) is 6.94. The summed E-state index contributed by atoms with van der Waals surface area (Å²) >= 11 is 0. The first kappa shape index (κ1) is 16.5. The molecule has 2 aliphatic heterocycles. The molecule has 3 rings (SSSR count). The van der Waals surface area contributed by atoms with Crippen LogP contribution in [0.1, 0.15) is 37.7 Å². The maximum absolute atomic E-state index is 12.2. The molecule has 2 aliphatic rings. The third-order valence-electron chi connectivity index (χ3n) is 5.02. The van der Waals surface area contributed by atoms with Gasteiger partial charge in [-0.2, -0.15) is 0 Å². The van der Waals surface area contributed by atoms with E-state index in [1.807, 2.05) is 0 Å². The summed E-state index contributed by atoms with van der Waals surface area (Å²) in [7, 11) is 0. The molecule has 1 aromatic carbocycles. The standard InChI is InChI=1S/C19H29N3O/c23-19(16-21-11-5-2-6-12-21)20-18-9-13-22(14-10-18)15-17-7-3-1-4-8-17/h1,3-4,7-8,18H,2,5-6,9-16H2,(H,20,23). The topological polar surface area (TPSA) is 35.6 Å². The Bertz CT molecular complexity index is 477. The predicted octanol–water partition coefficient (Wildman–Crippen LogP) is 2.25. The molecule has 1 aromatic rings. The second kappa shape index (κ2) is 8.46. The van der Waals surface area contributed by atoms with Crippen molar-refractivity contribution in [2.45, 2.75) is 44.7 Å². The van der Waals surface area contributed by atoms with Crippen LogP contribution in [-0.4, -0.2) is 54.5 Å². The summed E-state index contributed by atoms with van der Waals surface area (Å²) in [6, 6.07) is 11.0. The number of hydrogen-bond donors (Lipinski definition) is 1. The van der Waals surface area contributed by atoms with Crippen molar-refractivity contribution in [2.24, 2.45) is 0 Å². The molecular formula is C19H29N3O. The van der Waals surface area contributed by atoms with Crippen LogP contribution >= 0.6 is 0 Å². The zero-order valence-electron chi connectivity index (χ0n) is 14.0. The van der Waals surface area contributed by atoms with E-state index in [-0.39, 0.29) is 5.91 Å². The number of carbonyl (C=O) groups is 1. The molecule has 2 saturated heterocycles. The van der Waals surface area contributed by atoms with Gasteiger partial charge in [-0.1, -0.05) is 36.8 Å². The first-order valence-electron chi connectivity index (χ1n) is 9.07. The Labute approximate surface area is 139 Å². The molecule has 4 nitrogen and oxygen atoms in total. The van der Waals surface area contributed by atoms with Crippen LogP contribution in [0.15, 0.2) is 30.3 Å². The lowest BCUT2D eigenvalue weighted by Crippen LogP contribution is -2.47. The van der Waals surface area contributed by atoms with Crippen LogP contribution in [0, 0.1) is 0 Å². The van der Waals surface area contributed by atoms with Gasteiger partial charge in [0.2, 0.25) is 5.91 Å². The minimum atomic E-state index is 0.216. The third kappa shape index (κ3) is 5.33. The van der Waals surface area contributed by atoms with Crippen LogP contribution in [0.3, 0.4) is 0 Å². The highest BCUT2D eigenvalue weighted by Gasteiger charge is 2.22. The van der Waals surface area contributed by atoms with E-state index in [0.29, 0.717) is 12.6 Å². The smallest absolute Gasteiger partial charge is 0.234 e. The Morgan fingerprint density at radius 1 is 0.957 bits per heavy atom. The quantitative estimate of drug-likeness (QED) is 0.905. The van der Waals surface area contributed by atoms with Gasteiger partial charge >= 0.3 is 0 Å². The summed E-state index contributed by atoms with van der Waals surface area (Å²) in [4.78, 5) is 17.0. The third-order valence-corrected chi connectivity index (χ3v) is 5.02. The maximum Gasteiger partial charge on any atom is 0.234 e. The van der Waals surface area contributed by atoms with Gasteiger partial charge in [0.25, 0.3) is 0 Å². The lowest BCUT2D eigenvalue weighted by molar-refractivity contribution is -0.123. The molecule has 0 unspecified atom stereocenters. The van der Waals surface area contributed by atoms with E-state index in [4.69, 9.17) is 0 Å². The Morgan fingerprint density at radius 3 is 2.35 bits per heavy atom. The molecule has 2 fully saturated rings. The number of rotatable bonds is 5. The molecule has 1 amide bonds. The molecule has 0 saturated carbocycles. The fraction of sp³-hybridized carbons (Fsp3) is 0.632. The maximum atomic E-state index is 12.2. The summed E-state index contributed by atoms with van der Waals surface area (Å²) in [6.45, 7) is 5.93. The Morgan fingerprint density at radius 2 is 1.65 bits per heavy atom. The van der Waals surface area contributed by atoms with E-state index >= 15 is 0 Å². The highest BCUT2D eigenvalue weighted by atomic mass is 16.2. The fourth-order valence-corrected chi connectivity index (χ4v) is 3.67. The zero-order chi connectivity index (χ0) is 15.9. The van der Waals surface area contributed by atoms with Gasteiger partial charge in [0.05, 0.1) is 6.54 Å². The van der Waals surface area contributed by atoms with Crippen LogP contribution in [0.4, 0.5) is 0 Å². The number of amides is 1. The molecule has 4 heteroatoms. The summed E-state index contributed by atoms with van der Waals surface area (Å²) in [5, 5.41) is 3.24. The van der Waals surface area contributed by atoms with Gasteiger partial charge in [0.1, 0.15) is 0 Å². The Hall–Kier alpha value is -1.39. The number of carbonyl (C=O) groups excluding carboxylic acids is 1. The van der Waals surface area contributed by atoms with Crippen LogP contribution in [0.2, 0.25) is 0 Å². The Balaban J connectivity index is 1.36. The monoisotopic (exact) mass is 315 g/mol. The second-order valence-corrected chi connectivity index (χ2v) is 6.94. The zero-order valence-corrected chi connectivity index (χ0v) is 14.0. The van der Waals surface area contributed by atoms with Gasteiger partial charge < -0.3 is 5.32 Å². The van der Waals surface area contributed by atoms with Crippen molar-refractivity contribution in [3.05, 3.63) is 35.9 Å². The van der Waals surface area contributed by atoms with Gasteiger partial charge in [-0.05, 0) is 44.3 Å². The molecule has 1 N–H and O–H groups in total. The van der Waals surface area contributed by atoms with Gasteiger partial charge in [-0.3, -0.25) is 14.6 Å². The predicted molar refractivity (Wildman–Crippen MR) is 93.2 cm³/mol. The van der Waals surface area contributed by atoms with Gasteiger partial charge in [-0.15, -0.1) is 0 Å². The van der Waals surface area contributed by atoms with Crippen molar-refractivity contribution in [3.63, 3.8) is 0 Å². The van der Waals surface area contributed by atoms with Crippen molar-refractivity contribution in [2.75, 3.05) is 32.7 Å². The van der Waals surface area contributed by atoms with Crippen LogP contribution in [-0.2, 0) is 11.3 Å².